The number of nitrogens with zero attached hydrogens (tertiary/aromatic N) is 1. The van der Waals surface area contributed by atoms with Crippen molar-refractivity contribution in [3.05, 3.63) is 59.2 Å². The van der Waals surface area contributed by atoms with Crippen molar-refractivity contribution < 1.29 is 4.79 Å². The smallest absolute Gasteiger partial charge is 0.159 e. The van der Waals surface area contributed by atoms with Gasteiger partial charge in [-0.3, -0.25) is 9.69 Å². The molecular formula is C16H17NO. The van der Waals surface area contributed by atoms with Crippen LogP contribution in [-0.4, -0.2) is 23.8 Å². The van der Waals surface area contributed by atoms with Crippen LogP contribution in [-0.2, 0) is 11.3 Å². The molecule has 3 rings (SSSR count). The van der Waals surface area contributed by atoms with Gasteiger partial charge >= 0.3 is 0 Å². The number of carbonyl (C=O) groups is 1. The Hall–Kier alpha value is -1.67. The summed E-state index contributed by atoms with van der Waals surface area (Å²) in [5.74, 6) is 0.255. The Bertz CT molecular complexity index is 513. The van der Waals surface area contributed by atoms with Crippen LogP contribution in [0.3, 0.4) is 0 Å². The van der Waals surface area contributed by atoms with Crippen molar-refractivity contribution in [3.8, 4) is 0 Å². The number of hydrogen-bond donors (Lipinski definition) is 0. The van der Waals surface area contributed by atoms with Gasteiger partial charge in [-0.15, -0.1) is 0 Å². The lowest BCUT2D eigenvalue weighted by Gasteiger charge is -2.31. The Morgan fingerprint density at radius 3 is 2.78 bits per heavy atom. The summed E-state index contributed by atoms with van der Waals surface area (Å²) in [5.41, 5.74) is 4.07. The molecule has 0 unspecified atom stereocenters. The summed E-state index contributed by atoms with van der Waals surface area (Å²) in [6.07, 6.45) is 5.42. The van der Waals surface area contributed by atoms with E-state index in [1.54, 1.807) is 6.08 Å². The molecule has 92 valence electrons. The second-order valence-corrected chi connectivity index (χ2v) is 5.05. The first kappa shape index (κ1) is 11.4. The fraction of sp³-hybridized carbons (Fsp3) is 0.312. The SMILES string of the molecule is O=C1C=CC2=C(CCN(Cc3ccccc3)C2)C1. The number of carbonyl (C=O) groups excluding carboxylic acids is 1. The Kier molecular flexibility index (Phi) is 3.11. The molecule has 18 heavy (non-hydrogen) atoms. The largest absolute Gasteiger partial charge is 0.295 e. The van der Waals surface area contributed by atoms with Gasteiger partial charge in [-0.05, 0) is 23.6 Å². The van der Waals surface area contributed by atoms with Gasteiger partial charge in [-0.1, -0.05) is 42.0 Å². The fourth-order valence-electron chi connectivity index (χ4n) is 2.70. The molecule has 0 amide bonds. The topological polar surface area (TPSA) is 20.3 Å². The monoisotopic (exact) mass is 239 g/mol. The molecule has 0 radical (unpaired) electrons. The van der Waals surface area contributed by atoms with Crippen LogP contribution in [0.5, 0.6) is 0 Å². The Balaban J connectivity index is 1.69. The highest BCUT2D eigenvalue weighted by Crippen LogP contribution is 2.26. The van der Waals surface area contributed by atoms with Gasteiger partial charge in [0, 0.05) is 26.1 Å². The van der Waals surface area contributed by atoms with Crippen LogP contribution >= 0.6 is 0 Å². The standard InChI is InChI=1S/C16H17NO/c18-16-7-6-15-12-17(9-8-14(15)10-16)11-13-4-2-1-3-5-13/h1-7H,8-12H2. The van der Waals surface area contributed by atoms with E-state index in [0.717, 1.165) is 26.1 Å². The van der Waals surface area contributed by atoms with E-state index in [1.807, 2.05) is 6.08 Å². The molecule has 0 bridgehead atoms. The average molecular weight is 239 g/mol. The molecule has 0 saturated carbocycles. The van der Waals surface area contributed by atoms with Crippen LogP contribution in [0.1, 0.15) is 18.4 Å². The van der Waals surface area contributed by atoms with Crippen molar-refractivity contribution in [1.29, 1.82) is 0 Å². The van der Waals surface area contributed by atoms with Crippen molar-refractivity contribution >= 4 is 5.78 Å². The van der Waals surface area contributed by atoms with Crippen molar-refractivity contribution in [3.63, 3.8) is 0 Å². The summed E-state index contributed by atoms with van der Waals surface area (Å²) in [6, 6.07) is 10.6. The summed E-state index contributed by atoms with van der Waals surface area (Å²) in [6.45, 7) is 3.04. The van der Waals surface area contributed by atoms with E-state index in [9.17, 15) is 4.79 Å². The predicted molar refractivity (Wildman–Crippen MR) is 72.1 cm³/mol. The zero-order valence-electron chi connectivity index (χ0n) is 10.4. The van der Waals surface area contributed by atoms with Gasteiger partial charge in [0.05, 0.1) is 0 Å². The van der Waals surface area contributed by atoms with Crippen molar-refractivity contribution in [2.24, 2.45) is 0 Å². The molecule has 1 aliphatic carbocycles. The molecule has 0 saturated heterocycles. The van der Waals surface area contributed by atoms with Gasteiger partial charge in [-0.25, -0.2) is 0 Å². The summed E-state index contributed by atoms with van der Waals surface area (Å²) < 4.78 is 0. The van der Waals surface area contributed by atoms with Gasteiger partial charge in [-0.2, -0.15) is 0 Å². The molecule has 0 atom stereocenters. The fourth-order valence-corrected chi connectivity index (χ4v) is 2.70. The summed E-state index contributed by atoms with van der Waals surface area (Å²) in [5, 5.41) is 0. The van der Waals surface area contributed by atoms with E-state index < -0.39 is 0 Å². The number of rotatable bonds is 2. The highest BCUT2D eigenvalue weighted by Gasteiger charge is 2.21. The number of hydrogen-bond acceptors (Lipinski definition) is 2. The third kappa shape index (κ3) is 2.44. The van der Waals surface area contributed by atoms with Gasteiger partial charge in [0.1, 0.15) is 0 Å². The first-order valence-electron chi connectivity index (χ1n) is 6.49. The molecule has 0 fully saturated rings. The molecule has 0 aromatic heterocycles. The summed E-state index contributed by atoms with van der Waals surface area (Å²) in [4.78, 5) is 13.8. The van der Waals surface area contributed by atoms with E-state index in [-0.39, 0.29) is 5.78 Å². The molecule has 2 aliphatic rings. The maximum absolute atomic E-state index is 11.4. The van der Waals surface area contributed by atoms with E-state index in [2.05, 4.69) is 35.2 Å². The maximum atomic E-state index is 11.4. The number of ketones is 1. The van der Waals surface area contributed by atoms with Crippen molar-refractivity contribution in [2.45, 2.75) is 19.4 Å². The quantitative estimate of drug-likeness (QED) is 0.791. The predicted octanol–water partition coefficient (Wildman–Crippen LogP) is 2.72. The maximum Gasteiger partial charge on any atom is 0.159 e. The lowest BCUT2D eigenvalue weighted by molar-refractivity contribution is -0.114. The molecule has 2 heteroatoms. The minimum atomic E-state index is 0.255. The Labute approximate surface area is 108 Å². The van der Waals surface area contributed by atoms with E-state index >= 15 is 0 Å². The molecule has 1 aromatic carbocycles. The van der Waals surface area contributed by atoms with Crippen LogP contribution in [0.4, 0.5) is 0 Å². The summed E-state index contributed by atoms with van der Waals surface area (Å²) >= 11 is 0. The van der Waals surface area contributed by atoms with Crippen molar-refractivity contribution in [1.82, 2.24) is 4.90 Å². The van der Waals surface area contributed by atoms with E-state index in [0.29, 0.717) is 6.42 Å². The van der Waals surface area contributed by atoms with Crippen molar-refractivity contribution in [2.75, 3.05) is 13.1 Å². The highest BCUT2D eigenvalue weighted by atomic mass is 16.1. The Morgan fingerprint density at radius 1 is 1.11 bits per heavy atom. The minimum Gasteiger partial charge on any atom is -0.295 e. The second-order valence-electron chi connectivity index (χ2n) is 5.05. The third-order valence-corrected chi connectivity index (χ3v) is 3.68. The molecular weight excluding hydrogens is 222 g/mol. The van der Waals surface area contributed by atoms with Gasteiger partial charge in [0.15, 0.2) is 5.78 Å². The second kappa shape index (κ2) is 4.91. The van der Waals surface area contributed by atoms with Crippen LogP contribution in [0, 0.1) is 0 Å². The third-order valence-electron chi connectivity index (χ3n) is 3.68. The molecule has 1 aliphatic heterocycles. The zero-order valence-corrected chi connectivity index (χ0v) is 10.4. The normalized spacial score (nSPS) is 20.1. The van der Waals surface area contributed by atoms with Crippen LogP contribution in [0.2, 0.25) is 0 Å². The van der Waals surface area contributed by atoms with E-state index in [4.69, 9.17) is 0 Å². The number of benzene rings is 1. The Morgan fingerprint density at radius 2 is 1.94 bits per heavy atom. The molecule has 0 spiro atoms. The van der Waals surface area contributed by atoms with Crippen LogP contribution < -0.4 is 0 Å². The van der Waals surface area contributed by atoms with Crippen LogP contribution in [0.15, 0.2) is 53.6 Å². The highest BCUT2D eigenvalue weighted by molar-refractivity contribution is 5.93. The van der Waals surface area contributed by atoms with E-state index in [1.165, 1.54) is 16.7 Å². The lowest BCUT2D eigenvalue weighted by atomic mass is 9.91. The lowest BCUT2D eigenvalue weighted by Crippen LogP contribution is -2.32. The van der Waals surface area contributed by atoms with Gasteiger partial charge in [0.25, 0.3) is 0 Å². The van der Waals surface area contributed by atoms with Gasteiger partial charge in [0.2, 0.25) is 0 Å². The molecule has 2 nitrogen and oxygen atoms in total. The first-order valence-corrected chi connectivity index (χ1v) is 6.49. The zero-order chi connectivity index (χ0) is 12.4. The minimum absolute atomic E-state index is 0.255. The molecule has 1 heterocycles. The average Bonchev–Trinajstić information content (AvgIpc) is 2.40. The number of allylic oxidation sites excluding steroid dienone is 1. The molecule has 0 N–H and O–H groups in total. The van der Waals surface area contributed by atoms with Crippen LogP contribution in [0.25, 0.3) is 0 Å². The first-order chi connectivity index (χ1) is 8.81. The molecule has 1 aromatic rings. The van der Waals surface area contributed by atoms with Gasteiger partial charge < -0.3 is 0 Å². The summed E-state index contributed by atoms with van der Waals surface area (Å²) in [7, 11) is 0.